The number of carboxylic acids is 1. The molecule has 1 aliphatic rings. The zero-order valence-electron chi connectivity index (χ0n) is 11.7. The Bertz CT molecular complexity index is 428. The molecule has 1 aliphatic heterocycles. The maximum atomic E-state index is 11.2. The van der Waals surface area contributed by atoms with E-state index < -0.39 is 5.97 Å². The molecule has 0 saturated carbocycles. The van der Waals surface area contributed by atoms with Crippen LogP contribution in [0.1, 0.15) is 50.2 Å². The summed E-state index contributed by atoms with van der Waals surface area (Å²) in [6.07, 6.45) is 1.78. The van der Waals surface area contributed by atoms with E-state index in [1.165, 1.54) is 5.56 Å². The molecule has 1 saturated heterocycles. The summed E-state index contributed by atoms with van der Waals surface area (Å²) >= 11 is 0. The van der Waals surface area contributed by atoms with Crippen LogP contribution < -0.4 is 0 Å². The Labute approximate surface area is 114 Å². The second-order valence-corrected chi connectivity index (χ2v) is 5.74. The van der Waals surface area contributed by atoms with E-state index in [1.807, 2.05) is 0 Å². The number of carbonyl (C=O) groups is 1. The largest absolute Gasteiger partial charge is 0.481 e. The number of benzene rings is 1. The summed E-state index contributed by atoms with van der Waals surface area (Å²) in [5.41, 5.74) is 2.18. The molecule has 1 N–H and O–H groups in total. The van der Waals surface area contributed by atoms with Crippen molar-refractivity contribution in [1.29, 1.82) is 0 Å². The fraction of sp³-hybridized carbons (Fsp3) is 0.562. The molecule has 1 heterocycles. The fourth-order valence-electron chi connectivity index (χ4n) is 2.84. The lowest BCUT2D eigenvalue weighted by molar-refractivity contribution is -0.139. The zero-order valence-corrected chi connectivity index (χ0v) is 11.7. The van der Waals surface area contributed by atoms with Gasteiger partial charge in [-0.1, -0.05) is 38.1 Å². The molecule has 0 bridgehead atoms. The quantitative estimate of drug-likeness (QED) is 0.905. The summed E-state index contributed by atoms with van der Waals surface area (Å²) in [6, 6.07) is 8.45. The lowest BCUT2D eigenvalue weighted by Gasteiger charge is -2.36. The van der Waals surface area contributed by atoms with Crippen molar-refractivity contribution < 1.29 is 14.6 Å². The average Bonchev–Trinajstić information content (AvgIpc) is 2.39. The van der Waals surface area contributed by atoms with Crippen LogP contribution in [-0.2, 0) is 14.9 Å². The summed E-state index contributed by atoms with van der Waals surface area (Å²) < 4.78 is 5.40. The monoisotopic (exact) mass is 262 g/mol. The van der Waals surface area contributed by atoms with Crippen LogP contribution in [0.25, 0.3) is 0 Å². The Balaban J connectivity index is 2.29. The molecule has 0 aliphatic carbocycles. The highest BCUT2D eigenvalue weighted by Gasteiger charge is 2.36. The number of ether oxygens (including phenoxy) is 1. The first kappa shape index (κ1) is 14.1. The smallest absolute Gasteiger partial charge is 0.304 e. The molecule has 0 spiro atoms. The molecule has 0 unspecified atom stereocenters. The Kier molecular flexibility index (Phi) is 4.25. The predicted molar refractivity (Wildman–Crippen MR) is 74.5 cm³/mol. The Hall–Kier alpha value is -1.35. The number of aliphatic carboxylic acids is 1. The van der Waals surface area contributed by atoms with Crippen molar-refractivity contribution in [2.75, 3.05) is 13.2 Å². The molecular formula is C16H22O3. The van der Waals surface area contributed by atoms with Crippen LogP contribution in [0.2, 0.25) is 0 Å². The molecule has 3 nitrogen and oxygen atoms in total. The van der Waals surface area contributed by atoms with Gasteiger partial charge in [0.1, 0.15) is 0 Å². The molecule has 0 aromatic heterocycles. The second-order valence-electron chi connectivity index (χ2n) is 5.74. The summed E-state index contributed by atoms with van der Waals surface area (Å²) in [4.78, 5) is 11.2. The highest BCUT2D eigenvalue weighted by molar-refractivity contribution is 5.69. The molecule has 0 amide bonds. The van der Waals surface area contributed by atoms with Gasteiger partial charge >= 0.3 is 5.97 Å². The van der Waals surface area contributed by atoms with Gasteiger partial charge in [-0.05, 0) is 29.9 Å². The zero-order chi connectivity index (χ0) is 13.9. The minimum atomic E-state index is -0.727. The molecule has 1 fully saturated rings. The van der Waals surface area contributed by atoms with E-state index in [2.05, 4.69) is 38.1 Å². The van der Waals surface area contributed by atoms with E-state index in [9.17, 15) is 9.90 Å². The minimum Gasteiger partial charge on any atom is -0.481 e. The lowest BCUT2D eigenvalue weighted by Crippen LogP contribution is -2.36. The number of rotatable bonds is 4. The Morgan fingerprint density at radius 3 is 2.32 bits per heavy atom. The van der Waals surface area contributed by atoms with Crippen LogP contribution in [0.4, 0.5) is 0 Å². The summed E-state index contributed by atoms with van der Waals surface area (Å²) in [6.45, 7) is 5.63. The first-order valence-corrected chi connectivity index (χ1v) is 6.93. The lowest BCUT2D eigenvalue weighted by atomic mass is 9.71. The van der Waals surface area contributed by atoms with Crippen molar-refractivity contribution in [3.05, 3.63) is 35.4 Å². The number of carboxylic acid groups (broad SMARTS) is 1. The molecular weight excluding hydrogens is 240 g/mol. The van der Waals surface area contributed by atoms with Crippen LogP contribution in [0.3, 0.4) is 0 Å². The van der Waals surface area contributed by atoms with E-state index >= 15 is 0 Å². The SMILES string of the molecule is CC(C)c1ccc(C2(CC(=O)O)CCOCC2)cc1. The highest BCUT2D eigenvalue weighted by Crippen LogP contribution is 2.38. The number of hydrogen-bond donors (Lipinski definition) is 1. The van der Waals surface area contributed by atoms with E-state index in [-0.39, 0.29) is 11.8 Å². The molecule has 2 rings (SSSR count). The Morgan fingerprint density at radius 1 is 1.26 bits per heavy atom. The molecule has 0 atom stereocenters. The van der Waals surface area contributed by atoms with Crippen LogP contribution >= 0.6 is 0 Å². The second kappa shape index (κ2) is 5.74. The van der Waals surface area contributed by atoms with Gasteiger partial charge in [0.25, 0.3) is 0 Å². The van der Waals surface area contributed by atoms with Gasteiger partial charge in [-0.15, -0.1) is 0 Å². The molecule has 1 aromatic carbocycles. The first-order chi connectivity index (χ1) is 9.03. The summed E-state index contributed by atoms with van der Waals surface area (Å²) in [5, 5.41) is 9.19. The third-order valence-electron chi connectivity index (χ3n) is 4.13. The number of hydrogen-bond acceptors (Lipinski definition) is 2. The predicted octanol–water partition coefficient (Wildman–Crippen LogP) is 3.33. The van der Waals surface area contributed by atoms with Gasteiger partial charge < -0.3 is 9.84 Å². The maximum Gasteiger partial charge on any atom is 0.304 e. The normalized spacial score (nSPS) is 18.5. The highest BCUT2D eigenvalue weighted by atomic mass is 16.5. The van der Waals surface area contributed by atoms with Crippen molar-refractivity contribution in [3.8, 4) is 0 Å². The molecule has 3 heteroatoms. The molecule has 104 valence electrons. The standard InChI is InChI=1S/C16H22O3/c1-12(2)13-3-5-14(6-4-13)16(11-15(17)18)7-9-19-10-8-16/h3-6,12H,7-11H2,1-2H3,(H,17,18). The van der Waals surface area contributed by atoms with Gasteiger partial charge in [0.2, 0.25) is 0 Å². The fourth-order valence-corrected chi connectivity index (χ4v) is 2.84. The van der Waals surface area contributed by atoms with Crippen LogP contribution in [0, 0.1) is 0 Å². The maximum absolute atomic E-state index is 11.2. The van der Waals surface area contributed by atoms with E-state index in [1.54, 1.807) is 0 Å². The van der Waals surface area contributed by atoms with Crippen molar-refractivity contribution in [2.24, 2.45) is 0 Å². The van der Waals surface area contributed by atoms with Crippen LogP contribution in [0.15, 0.2) is 24.3 Å². The van der Waals surface area contributed by atoms with Crippen molar-refractivity contribution in [1.82, 2.24) is 0 Å². The summed E-state index contributed by atoms with van der Waals surface area (Å²) in [5.74, 6) is -0.228. The van der Waals surface area contributed by atoms with Gasteiger partial charge in [-0.3, -0.25) is 4.79 Å². The third kappa shape index (κ3) is 3.16. The molecule has 0 radical (unpaired) electrons. The summed E-state index contributed by atoms with van der Waals surface area (Å²) in [7, 11) is 0. The topological polar surface area (TPSA) is 46.5 Å². The van der Waals surface area contributed by atoms with Gasteiger partial charge in [-0.2, -0.15) is 0 Å². The van der Waals surface area contributed by atoms with E-state index in [0.717, 1.165) is 18.4 Å². The van der Waals surface area contributed by atoms with Gasteiger partial charge in [0.15, 0.2) is 0 Å². The minimum absolute atomic E-state index is 0.192. The van der Waals surface area contributed by atoms with Crippen molar-refractivity contribution in [3.63, 3.8) is 0 Å². The van der Waals surface area contributed by atoms with Gasteiger partial charge in [0, 0.05) is 18.6 Å². The van der Waals surface area contributed by atoms with Gasteiger partial charge in [-0.25, -0.2) is 0 Å². The van der Waals surface area contributed by atoms with E-state index in [0.29, 0.717) is 19.1 Å². The average molecular weight is 262 g/mol. The van der Waals surface area contributed by atoms with Crippen LogP contribution in [-0.4, -0.2) is 24.3 Å². The van der Waals surface area contributed by atoms with Gasteiger partial charge in [0.05, 0.1) is 6.42 Å². The van der Waals surface area contributed by atoms with Crippen molar-refractivity contribution in [2.45, 2.75) is 44.4 Å². The van der Waals surface area contributed by atoms with Crippen molar-refractivity contribution >= 4 is 5.97 Å². The van der Waals surface area contributed by atoms with Crippen LogP contribution in [0.5, 0.6) is 0 Å². The molecule has 19 heavy (non-hydrogen) atoms. The first-order valence-electron chi connectivity index (χ1n) is 6.93. The third-order valence-corrected chi connectivity index (χ3v) is 4.13. The Morgan fingerprint density at radius 2 is 1.84 bits per heavy atom. The molecule has 1 aromatic rings. The van der Waals surface area contributed by atoms with E-state index in [4.69, 9.17) is 4.74 Å².